The van der Waals surface area contributed by atoms with Gasteiger partial charge in [0.2, 0.25) is 0 Å². The van der Waals surface area contributed by atoms with Crippen LogP contribution in [0, 0.1) is 10.1 Å². The van der Waals surface area contributed by atoms with Gasteiger partial charge in [-0.25, -0.2) is 0 Å². The van der Waals surface area contributed by atoms with Crippen LogP contribution in [0.15, 0.2) is 12.3 Å². The number of rotatable bonds is 1. The van der Waals surface area contributed by atoms with Crippen LogP contribution in [-0.4, -0.2) is 9.91 Å². The Morgan fingerprint density at radius 2 is 2.07 bits per heavy atom. The van der Waals surface area contributed by atoms with Crippen molar-refractivity contribution >= 4 is 17.3 Å². The van der Waals surface area contributed by atoms with Crippen molar-refractivity contribution in [3.63, 3.8) is 0 Å². The van der Waals surface area contributed by atoms with E-state index < -0.39 is 4.92 Å². The van der Waals surface area contributed by atoms with Gasteiger partial charge in [0.1, 0.15) is 10.7 Å². The van der Waals surface area contributed by atoms with Gasteiger partial charge in [0.15, 0.2) is 0 Å². The average molecular weight is 215 g/mol. The van der Waals surface area contributed by atoms with Crippen LogP contribution in [0.25, 0.3) is 0 Å². The summed E-state index contributed by atoms with van der Waals surface area (Å²) in [6, 6.07) is 1.43. The Kier molecular flexibility index (Phi) is 2.76. The molecular formula is C9H11ClN2O2. The zero-order valence-electron chi connectivity index (χ0n) is 8.24. The standard InChI is InChI=1S/C9H11ClN2O2/c1-9(2,3)8-7(12(13)14)6(10)4-5-11-8/h4-5H,1-3H3. The highest BCUT2D eigenvalue weighted by atomic mass is 35.5. The van der Waals surface area contributed by atoms with Crippen LogP contribution in [0.1, 0.15) is 26.5 Å². The predicted molar refractivity (Wildman–Crippen MR) is 54.6 cm³/mol. The molecule has 0 saturated carbocycles. The SMILES string of the molecule is CC(C)(C)c1nccc(Cl)c1[N+](=O)[O-]. The molecule has 0 N–H and O–H groups in total. The van der Waals surface area contributed by atoms with E-state index in [1.807, 2.05) is 20.8 Å². The van der Waals surface area contributed by atoms with Crippen molar-refractivity contribution in [3.05, 3.63) is 33.1 Å². The molecule has 0 unspecified atom stereocenters. The molecule has 0 fully saturated rings. The summed E-state index contributed by atoms with van der Waals surface area (Å²) in [5, 5.41) is 10.9. The molecule has 14 heavy (non-hydrogen) atoms. The van der Waals surface area contributed by atoms with Gasteiger partial charge in [-0.1, -0.05) is 32.4 Å². The number of hydrogen-bond donors (Lipinski definition) is 0. The fraction of sp³-hybridized carbons (Fsp3) is 0.444. The monoisotopic (exact) mass is 214 g/mol. The molecule has 0 aromatic carbocycles. The summed E-state index contributed by atoms with van der Waals surface area (Å²) >= 11 is 5.75. The van der Waals surface area contributed by atoms with Gasteiger partial charge >= 0.3 is 5.69 Å². The van der Waals surface area contributed by atoms with Gasteiger partial charge < -0.3 is 0 Å². The van der Waals surface area contributed by atoms with Crippen molar-refractivity contribution < 1.29 is 4.92 Å². The van der Waals surface area contributed by atoms with Crippen molar-refractivity contribution in [3.8, 4) is 0 Å². The third-order valence-corrected chi connectivity index (χ3v) is 2.07. The van der Waals surface area contributed by atoms with E-state index in [1.54, 1.807) is 0 Å². The summed E-state index contributed by atoms with van der Waals surface area (Å²) in [6.07, 6.45) is 1.48. The molecule has 0 amide bonds. The van der Waals surface area contributed by atoms with Crippen LogP contribution in [0.5, 0.6) is 0 Å². The Morgan fingerprint density at radius 1 is 1.50 bits per heavy atom. The maximum Gasteiger partial charge on any atom is 0.309 e. The van der Waals surface area contributed by atoms with Crippen LogP contribution >= 0.6 is 11.6 Å². The van der Waals surface area contributed by atoms with Gasteiger partial charge in [0.05, 0.1) is 4.92 Å². The Bertz CT molecular complexity index is 372. The molecule has 4 nitrogen and oxygen atoms in total. The molecule has 1 aromatic heterocycles. The van der Waals surface area contributed by atoms with Gasteiger partial charge in [-0.3, -0.25) is 15.1 Å². The lowest BCUT2D eigenvalue weighted by molar-refractivity contribution is -0.386. The number of nitro groups is 1. The van der Waals surface area contributed by atoms with Crippen molar-refractivity contribution in [2.24, 2.45) is 0 Å². The lowest BCUT2D eigenvalue weighted by atomic mass is 9.90. The highest BCUT2D eigenvalue weighted by Crippen LogP contribution is 2.34. The van der Waals surface area contributed by atoms with Gasteiger partial charge in [-0.15, -0.1) is 0 Å². The number of pyridine rings is 1. The highest BCUT2D eigenvalue weighted by Gasteiger charge is 2.28. The summed E-state index contributed by atoms with van der Waals surface area (Å²) in [4.78, 5) is 14.3. The first kappa shape index (κ1) is 10.9. The lowest BCUT2D eigenvalue weighted by Gasteiger charge is -2.17. The normalized spacial score (nSPS) is 11.4. The Morgan fingerprint density at radius 3 is 2.43 bits per heavy atom. The van der Waals surface area contributed by atoms with Gasteiger partial charge in [-0.05, 0) is 6.07 Å². The summed E-state index contributed by atoms with van der Waals surface area (Å²) in [5.74, 6) is 0. The van der Waals surface area contributed by atoms with Crippen molar-refractivity contribution in [2.75, 3.05) is 0 Å². The first-order valence-corrected chi connectivity index (χ1v) is 4.51. The van der Waals surface area contributed by atoms with Crippen LogP contribution in [-0.2, 0) is 5.41 Å². The fourth-order valence-corrected chi connectivity index (χ4v) is 1.37. The molecule has 0 aliphatic heterocycles. The van der Waals surface area contributed by atoms with Crippen molar-refractivity contribution in [1.82, 2.24) is 4.98 Å². The Balaban J connectivity index is 3.44. The maximum absolute atomic E-state index is 10.8. The first-order valence-electron chi connectivity index (χ1n) is 4.13. The molecule has 0 saturated heterocycles. The first-order chi connectivity index (χ1) is 6.34. The number of aromatic nitrogens is 1. The summed E-state index contributed by atoms with van der Waals surface area (Å²) in [6.45, 7) is 5.58. The van der Waals surface area contributed by atoms with E-state index in [4.69, 9.17) is 11.6 Å². The van der Waals surface area contributed by atoms with E-state index in [-0.39, 0.29) is 16.1 Å². The van der Waals surface area contributed by atoms with E-state index in [2.05, 4.69) is 4.98 Å². The quantitative estimate of drug-likeness (QED) is 0.534. The second-order valence-corrected chi connectivity index (χ2v) is 4.40. The van der Waals surface area contributed by atoms with E-state index >= 15 is 0 Å². The second kappa shape index (κ2) is 3.53. The van der Waals surface area contributed by atoms with E-state index in [0.29, 0.717) is 5.69 Å². The molecule has 1 rings (SSSR count). The predicted octanol–water partition coefficient (Wildman–Crippen LogP) is 2.94. The maximum atomic E-state index is 10.8. The molecule has 0 bridgehead atoms. The van der Waals surface area contributed by atoms with Crippen LogP contribution in [0.3, 0.4) is 0 Å². The Hall–Kier alpha value is -1.16. The van der Waals surface area contributed by atoms with Crippen molar-refractivity contribution in [2.45, 2.75) is 26.2 Å². The molecule has 0 spiro atoms. The number of nitrogens with zero attached hydrogens (tertiary/aromatic N) is 2. The molecule has 76 valence electrons. The fourth-order valence-electron chi connectivity index (χ4n) is 1.15. The molecule has 0 radical (unpaired) electrons. The summed E-state index contributed by atoms with van der Waals surface area (Å²) < 4.78 is 0. The lowest BCUT2D eigenvalue weighted by Crippen LogP contribution is -2.16. The third kappa shape index (κ3) is 2.01. The zero-order chi connectivity index (χ0) is 10.9. The zero-order valence-corrected chi connectivity index (χ0v) is 9.00. The van der Waals surface area contributed by atoms with Gasteiger partial charge in [0, 0.05) is 11.6 Å². The topological polar surface area (TPSA) is 56.0 Å². The molecular weight excluding hydrogens is 204 g/mol. The molecule has 1 aromatic rings. The minimum atomic E-state index is -0.490. The highest BCUT2D eigenvalue weighted by molar-refractivity contribution is 6.32. The summed E-state index contributed by atoms with van der Waals surface area (Å²) in [5.41, 5.74) is -0.0653. The Labute approximate surface area is 87.1 Å². The molecule has 0 aliphatic rings. The number of hydrogen-bond acceptors (Lipinski definition) is 3. The minimum absolute atomic E-state index is 0.0957. The van der Waals surface area contributed by atoms with Gasteiger partial charge in [-0.2, -0.15) is 0 Å². The van der Waals surface area contributed by atoms with E-state index in [1.165, 1.54) is 12.3 Å². The number of halogens is 1. The second-order valence-electron chi connectivity index (χ2n) is 4.00. The molecule has 1 heterocycles. The molecule has 0 atom stereocenters. The van der Waals surface area contributed by atoms with Crippen molar-refractivity contribution in [1.29, 1.82) is 0 Å². The summed E-state index contributed by atoms with van der Waals surface area (Å²) in [7, 11) is 0. The minimum Gasteiger partial charge on any atom is -0.258 e. The molecule has 5 heteroatoms. The van der Waals surface area contributed by atoms with Gasteiger partial charge in [0.25, 0.3) is 0 Å². The third-order valence-electron chi connectivity index (χ3n) is 1.77. The smallest absolute Gasteiger partial charge is 0.258 e. The van der Waals surface area contributed by atoms with E-state index in [9.17, 15) is 10.1 Å². The van der Waals surface area contributed by atoms with E-state index in [0.717, 1.165) is 0 Å². The van der Waals surface area contributed by atoms with Crippen LogP contribution in [0.4, 0.5) is 5.69 Å². The van der Waals surface area contributed by atoms with Crippen LogP contribution < -0.4 is 0 Å². The average Bonchev–Trinajstić information content (AvgIpc) is 2.01. The largest absolute Gasteiger partial charge is 0.309 e. The van der Waals surface area contributed by atoms with Crippen LogP contribution in [0.2, 0.25) is 5.02 Å². The molecule has 0 aliphatic carbocycles.